The van der Waals surface area contributed by atoms with Crippen LogP contribution in [0.2, 0.25) is 0 Å². The summed E-state index contributed by atoms with van der Waals surface area (Å²) in [5.74, 6) is -1.56. The zero-order chi connectivity index (χ0) is 16.4. The number of hydrogen-bond acceptors (Lipinski definition) is 4. The lowest BCUT2D eigenvalue weighted by molar-refractivity contribution is -0.158. The van der Waals surface area contributed by atoms with Crippen molar-refractivity contribution in [3.8, 4) is 0 Å². The van der Waals surface area contributed by atoms with Crippen LogP contribution in [0.25, 0.3) is 0 Å². The standard InChI is InChI=1S/C16H18FNO5/c17-11-3-1-10(2-4-11)14-9-18(7-8-22-14)15(19)12-5-6-13(23-12)16(20)21/h1-4,12-14H,5-9H2,(H,20,21)/t12-,13+,14?/m0/s1. The third-order valence-corrected chi connectivity index (χ3v) is 4.19. The van der Waals surface area contributed by atoms with Crippen LogP contribution in [0.15, 0.2) is 24.3 Å². The molecule has 7 heteroatoms. The summed E-state index contributed by atoms with van der Waals surface area (Å²) in [6.45, 7) is 1.17. The summed E-state index contributed by atoms with van der Waals surface area (Å²) in [4.78, 5) is 25.0. The summed E-state index contributed by atoms with van der Waals surface area (Å²) in [5, 5.41) is 8.94. The van der Waals surface area contributed by atoms with Crippen LogP contribution in [0.1, 0.15) is 24.5 Å². The normalized spacial score (nSPS) is 27.9. The molecule has 23 heavy (non-hydrogen) atoms. The smallest absolute Gasteiger partial charge is 0.332 e. The molecule has 6 nitrogen and oxygen atoms in total. The van der Waals surface area contributed by atoms with Crippen molar-refractivity contribution in [2.45, 2.75) is 31.2 Å². The van der Waals surface area contributed by atoms with Crippen molar-refractivity contribution >= 4 is 11.9 Å². The fourth-order valence-corrected chi connectivity index (χ4v) is 2.93. The molecule has 1 N–H and O–H groups in total. The summed E-state index contributed by atoms with van der Waals surface area (Å²) in [5.41, 5.74) is 0.805. The number of carbonyl (C=O) groups excluding carboxylic acids is 1. The molecule has 1 unspecified atom stereocenters. The van der Waals surface area contributed by atoms with Crippen molar-refractivity contribution in [1.29, 1.82) is 0 Å². The number of rotatable bonds is 3. The van der Waals surface area contributed by atoms with Crippen LogP contribution in [-0.2, 0) is 19.1 Å². The molecule has 0 radical (unpaired) electrons. The van der Waals surface area contributed by atoms with Crippen molar-refractivity contribution in [2.75, 3.05) is 19.7 Å². The van der Waals surface area contributed by atoms with Gasteiger partial charge in [-0.05, 0) is 30.5 Å². The molecule has 2 heterocycles. The number of aliphatic carboxylic acids is 1. The number of carbonyl (C=O) groups is 2. The van der Waals surface area contributed by atoms with E-state index in [0.717, 1.165) is 5.56 Å². The van der Waals surface area contributed by atoms with Gasteiger partial charge in [-0.1, -0.05) is 12.1 Å². The molecule has 2 saturated heterocycles. The number of carboxylic acid groups (broad SMARTS) is 1. The van der Waals surface area contributed by atoms with Crippen LogP contribution in [0, 0.1) is 5.82 Å². The Balaban J connectivity index is 1.63. The minimum atomic E-state index is -1.04. The van der Waals surface area contributed by atoms with Gasteiger partial charge in [0, 0.05) is 6.54 Å². The second kappa shape index (κ2) is 6.64. The summed E-state index contributed by atoms with van der Waals surface area (Å²) in [6.07, 6.45) is -1.17. The van der Waals surface area contributed by atoms with E-state index in [2.05, 4.69) is 0 Å². The van der Waals surface area contributed by atoms with Crippen molar-refractivity contribution in [2.24, 2.45) is 0 Å². The quantitative estimate of drug-likeness (QED) is 0.909. The van der Waals surface area contributed by atoms with Crippen LogP contribution in [0.3, 0.4) is 0 Å². The van der Waals surface area contributed by atoms with Crippen molar-refractivity contribution in [3.63, 3.8) is 0 Å². The molecule has 1 aromatic carbocycles. The zero-order valence-electron chi connectivity index (χ0n) is 12.5. The first-order valence-corrected chi connectivity index (χ1v) is 7.58. The molecule has 1 amide bonds. The monoisotopic (exact) mass is 323 g/mol. The largest absolute Gasteiger partial charge is 0.479 e. The predicted octanol–water partition coefficient (Wildman–Crippen LogP) is 1.36. The van der Waals surface area contributed by atoms with Gasteiger partial charge in [-0.3, -0.25) is 4.79 Å². The number of ether oxygens (including phenoxy) is 2. The summed E-state index contributed by atoms with van der Waals surface area (Å²) >= 11 is 0. The van der Waals surface area contributed by atoms with E-state index in [4.69, 9.17) is 14.6 Å². The van der Waals surface area contributed by atoms with Gasteiger partial charge in [0.15, 0.2) is 6.10 Å². The molecule has 2 aliphatic rings. The topological polar surface area (TPSA) is 76.1 Å². The highest BCUT2D eigenvalue weighted by molar-refractivity contribution is 5.82. The van der Waals surface area contributed by atoms with E-state index in [1.807, 2.05) is 0 Å². The molecule has 0 saturated carbocycles. The lowest BCUT2D eigenvalue weighted by atomic mass is 10.1. The SMILES string of the molecule is O=C(O)[C@H]1CC[C@@H](C(=O)N2CCOC(c3ccc(F)cc3)C2)O1. The second-order valence-corrected chi connectivity index (χ2v) is 5.72. The highest BCUT2D eigenvalue weighted by Crippen LogP contribution is 2.26. The van der Waals surface area contributed by atoms with Crippen LogP contribution in [0.5, 0.6) is 0 Å². The molecule has 124 valence electrons. The predicted molar refractivity (Wildman–Crippen MR) is 77.2 cm³/mol. The molecular weight excluding hydrogens is 305 g/mol. The Morgan fingerprint density at radius 1 is 1.17 bits per heavy atom. The van der Waals surface area contributed by atoms with Crippen LogP contribution in [0.4, 0.5) is 4.39 Å². The third-order valence-electron chi connectivity index (χ3n) is 4.19. The molecule has 1 aromatic rings. The minimum absolute atomic E-state index is 0.204. The van der Waals surface area contributed by atoms with E-state index < -0.39 is 18.2 Å². The third kappa shape index (κ3) is 3.51. The van der Waals surface area contributed by atoms with Crippen LogP contribution in [-0.4, -0.2) is 53.8 Å². The first kappa shape index (κ1) is 15.9. The second-order valence-electron chi connectivity index (χ2n) is 5.72. The fourth-order valence-electron chi connectivity index (χ4n) is 2.93. The molecule has 2 aliphatic heterocycles. The van der Waals surface area contributed by atoms with Gasteiger partial charge in [0.1, 0.15) is 18.0 Å². The number of morpholine rings is 1. The van der Waals surface area contributed by atoms with Crippen molar-refractivity contribution in [1.82, 2.24) is 4.90 Å². The molecule has 3 atom stereocenters. The van der Waals surface area contributed by atoms with Crippen molar-refractivity contribution < 1.29 is 28.6 Å². The first-order chi connectivity index (χ1) is 11.0. The summed E-state index contributed by atoms with van der Waals surface area (Å²) in [6, 6.07) is 6.00. The lowest BCUT2D eigenvalue weighted by Crippen LogP contribution is -2.46. The van der Waals surface area contributed by atoms with E-state index in [1.54, 1.807) is 17.0 Å². The molecule has 3 rings (SSSR count). The van der Waals surface area contributed by atoms with E-state index in [0.29, 0.717) is 32.5 Å². The van der Waals surface area contributed by atoms with Gasteiger partial charge in [-0.25, -0.2) is 9.18 Å². The maximum absolute atomic E-state index is 13.0. The van der Waals surface area contributed by atoms with Gasteiger partial charge in [0.25, 0.3) is 5.91 Å². The highest BCUT2D eigenvalue weighted by atomic mass is 19.1. The molecule has 2 fully saturated rings. The Morgan fingerprint density at radius 2 is 1.87 bits per heavy atom. The zero-order valence-corrected chi connectivity index (χ0v) is 12.5. The molecule has 0 bridgehead atoms. The fraction of sp³-hybridized carbons (Fsp3) is 0.500. The molecule has 0 aliphatic carbocycles. The molecule has 0 spiro atoms. The van der Waals surface area contributed by atoms with Gasteiger partial charge in [0.05, 0.1) is 13.2 Å². The lowest BCUT2D eigenvalue weighted by Gasteiger charge is -2.34. The number of hydrogen-bond donors (Lipinski definition) is 1. The maximum atomic E-state index is 13.0. The molecule has 0 aromatic heterocycles. The van der Waals surface area contributed by atoms with Gasteiger partial charge < -0.3 is 19.5 Å². The van der Waals surface area contributed by atoms with E-state index >= 15 is 0 Å². The van der Waals surface area contributed by atoms with Gasteiger partial charge >= 0.3 is 5.97 Å². The summed E-state index contributed by atoms with van der Waals surface area (Å²) in [7, 11) is 0. The maximum Gasteiger partial charge on any atom is 0.332 e. The Kier molecular flexibility index (Phi) is 4.58. The summed E-state index contributed by atoms with van der Waals surface area (Å²) < 4.78 is 24.0. The number of benzene rings is 1. The molecular formula is C16H18FNO5. The number of halogens is 1. The van der Waals surface area contributed by atoms with Crippen molar-refractivity contribution in [3.05, 3.63) is 35.6 Å². The van der Waals surface area contributed by atoms with E-state index in [1.165, 1.54) is 12.1 Å². The number of amides is 1. The average molecular weight is 323 g/mol. The highest BCUT2D eigenvalue weighted by Gasteiger charge is 2.38. The van der Waals surface area contributed by atoms with Crippen LogP contribution < -0.4 is 0 Å². The Labute approximate surface area is 132 Å². The van der Waals surface area contributed by atoms with Gasteiger partial charge in [-0.15, -0.1) is 0 Å². The van der Waals surface area contributed by atoms with E-state index in [9.17, 15) is 14.0 Å². The minimum Gasteiger partial charge on any atom is -0.479 e. The van der Waals surface area contributed by atoms with Gasteiger partial charge in [-0.2, -0.15) is 0 Å². The van der Waals surface area contributed by atoms with Gasteiger partial charge in [0.2, 0.25) is 0 Å². The number of nitrogens with zero attached hydrogens (tertiary/aromatic N) is 1. The Hall–Kier alpha value is -1.99. The average Bonchev–Trinajstić information content (AvgIpc) is 3.05. The van der Waals surface area contributed by atoms with Crippen LogP contribution >= 0.6 is 0 Å². The first-order valence-electron chi connectivity index (χ1n) is 7.58. The Bertz CT molecular complexity index is 591. The Morgan fingerprint density at radius 3 is 2.52 bits per heavy atom. The van der Waals surface area contributed by atoms with E-state index in [-0.39, 0.29) is 17.8 Å². The number of carboxylic acids is 1.